The van der Waals surface area contributed by atoms with Gasteiger partial charge in [0.15, 0.2) is 11.5 Å². The third-order valence-corrected chi connectivity index (χ3v) is 5.23. The molecule has 1 aliphatic rings. The van der Waals surface area contributed by atoms with Gasteiger partial charge in [0.05, 0.1) is 19.9 Å². The zero-order valence-electron chi connectivity index (χ0n) is 19.1. The van der Waals surface area contributed by atoms with Crippen molar-refractivity contribution in [1.82, 2.24) is 10.2 Å². The summed E-state index contributed by atoms with van der Waals surface area (Å²) in [6.07, 6.45) is 0.730. The number of anilines is 1. The number of methoxy groups -OCH3 is 1. The highest BCUT2D eigenvalue weighted by atomic mass is 19.1. The molecule has 0 saturated carbocycles. The molecule has 35 heavy (non-hydrogen) atoms. The summed E-state index contributed by atoms with van der Waals surface area (Å²) in [4.78, 5) is 24.7. The molecule has 1 N–H and O–H groups in total. The minimum atomic E-state index is -1.01. The second-order valence-electron chi connectivity index (χ2n) is 7.47. The number of hydrogen-bond acceptors (Lipinski definition) is 8. The van der Waals surface area contributed by atoms with Crippen molar-refractivity contribution in [1.29, 1.82) is 0 Å². The van der Waals surface area contributed by atoms with Crippen LogP contribution >= 0.6 is 0 Å². The van der Waals surface area contributed by atoms with E-state index < -0.39 is 25.0 Å². The second kappa shape index (κ2) is 10.7. The molecule has 0 radical (unpaired) electrons. The van der Waals surface area contributed by atoms with Gasteiger partial charge in [0.2, 0.25) is 12.6 Å². The van der Waals surface area contributed by atoms with Gasteiger partial charge in [0.25, 0.3) is 5.91 Å². The van der Waals surface area contributed by atoms with Crippen molar-refractivity contribution in [2.75, 3.05) is 19.3 Å². The van der Waals surface area contributed by atoms with Gasteiger partial charge < -0.3 is 24.1 Å². The Morgan fingerprint density at radius 2 is 1.97 bits per heavy atom. The molecule has 2 heterocycles. The smallest absolute Gasteiger partial charge is 0.431 e. The van der Waals surface area contributed by atoms with Gasteiger partial charge in [-0.15, -0.1) is 0 Å². The van der Waals surface area contributed by atoms with E-state index in [9.17, 15) is 14.0 Å². The Kier molecular flexibility index (Phi) is 7.24. The van der Waals surface area contributed by atoms with Gasteiger partial charge in [-0.2, -0.15) is 10.1 Å². The molecule has 2 amide bonds. The third-order valence-electron chi connectivity index (χ3n) is 5.23. The number of cyclic esters (lactones) is 1. The Labute approximate surface area is 200 Å². The zero-order chi connectivity index (χ0) is 24.8. The average molecular weight is 482 g/mol. The van der Waals surface area contributed by atoms with E-state index in [0.717, 1.165) is 5.56 Å². The molecular formula is C24H23FN4O6. The molecule has 0 spiro atoms. The molecule has 0 bridgehead atoms. The quantitative estimate of drug-likeness (QED) is 0.481. The molecule has 11 heteroatoms. The number of hydrogen-bond donors (Lipinski definition) is 1. The summed E-state index contributed by atoms with van der Waals surface area (Å²) >= 11 is 0. The number of amides is 2. The summed E-state index contributed by atoms with van der Waals surface area (Å²) in [6, 6.07) is 13.3. The summed E-state index contributed by atoms with van der Waals surface area (Å²) in [7, 11) is 1.46. The molecule has 1 aliphatic heterocycles. The SMILES string of the molecule is CCC1OC(=O)N(Cc2ccc(NC(=O)c3ccno3)cc2)N=C1c1ccc(OC)c(OCF)c1. The molecule has 182 valence electrons. The summed E-state index contributed by atoms with van der Waals surface area (Å²) in [5, 5.41) is 12.0. The molecule has 0 aliphatic carbocycles. The van der Waals surface area contributed by atoms with Crippen LogP contribution in [0.15, 0.2) is 64.4 Å². The summed E-state index contributed by atoms with van der Waals surface area (Å²) < 4.78 is 33.5. The molecule has 1 unspecified atom stereocenters. The van der Waals surface area contributed by atoms with E-state index in [1.807, 2.05) is 6.92 Å². The van der Waals surface area contributed by atoms with Crippen molar-refractivity contribution in [3.63, 3.8) is 0 Å². The molecule has 0 fully saturated rings. The molecule has 10 nitrogen and oxygen atoms in total. The van der Waals surface area contributed by atoms with E-state index in [0.29, 0.717) is 29.1 Å². The lowest BCUT2D eigenvalue weighted by Gasteiger charge is -2.29. The van der Waals surface area contributed by atoms with Crippen molar-refractivity contribution in [2.24, 2.45) is 5.10 Å². The first-order valence-corrected chi connectivity index (χ1v) is 10.8. The largest absolute Gasteiger partial charge is 0.493 e. The van der Waals surface area contributed by atoms with Gasteiger partial charge in [-0.1, -0.05) is 24.2 Å². The van der Waals surface area contributed by atoms with Crippen LogP contribution in [-0.4, -0.2) is 48.0 Å². The van der Waals surface area contributed by atoms with Crippen LogP contribution in [0.2, 0.25) is 0 Å². The summed E-state index contributed by atoms with van der Waals surface area (Å²) in [6.45, 7) is 0.996. The van der Waals surface area contributed by atoms with E-state index in [2.05, 4.69) is 15.6 Å². The third kappa shape index (κ3) is 5.40. The van der Waals surface area contributed by atoms with Gasteiger partial charge in [0, 0.05) is 17.3 Å². The number of alkyl halides is 1. The van der Waals surface area contributed by atoms with E-state index in [1.54, 1.807) is 42.5 Å². The second-order valence-corrected chi connectivity index (χ2v) is 7.47. The van der Waals surface area contributed by atoms with Gasteiger partial charge in [-0.25, -0.2) is 9.18 Å². The fourth-order valence-electron chi connectivity index (χ4n) is 3.49. The topological polar surface area (TPSA) is 115 Å². The number of benzene rings is 2. The van der Waals surface area contributed by atoms with Crippen LogP contribution in [0.1, 0.15) is 35.0 Å². The highest BCUT2D eigenvalue weighted by Crippen LogP contribution is 2.30. The van der Waals surface area contributed by atoms with Gasteiger partial charge in [0.1, 0.15) is 11.8 Å². The first-order chi connectivity index (χ1) is 17.0. The van der Waals surface area contributed by atoms with Gasteiger partial charge in [-0.05, 0) is 42.3 Å². The number of carbonyl (C=O) groups excluding carboxylic acids is 2. The van der Waals surface area contributed by atoms with Crippen LogP contribution in [-0.2, 0) is 11.3 Å². The van der Waals surface area contributed by atoms with Crippen molar-refractivity contribution >= 4 is 23.4 Å². The Hall–Kier alpha value is -4.41. The van der Waals surface area contributed by atoms with Crippen molar-refractivity contribution in [3.8, 4) is 11.5 Å². The van der Waals surface area contributed by atoms with E-state index in [4.69, 9.17) is 18.7 Å². The number of halogens is 1. The van der Waals surface area contributed by atoms with Crippen molar-refractivity contribution < 1.29 is 32.7 Å². The molecular weight excluding hydrogens is 459 g/mol. The van der Waals surface area contributed by atoms with E-state index >= 15 is 0 Å². The Morgan fingerprint density at radius 1 is 1.17 bits per heavy atom. The maximum Gasteiger partial charge on any atom is 0.431 e. The fraction of sp³-hybridized carbons (Fsp3) is 0.250. The number of nitrogens with one attached hydrogen (secondary N) is 1. The first-order valence-electron chi connectivity index (χ1n) is 10.8. The van der Waals surface area contributed by atoms with Crippen molar-refractivity contribution in [3.05, 3.63) is 71.6 Å². The van der Waals surface area contributed by atoms with Crippen LogP contribution in [0.25, 0.3) is 0 Å². The van der Waals surface area contributed by atoms with E-state index in [1.165, 1.54) is 24.4 Å². The normalized spacial score (nSPS) is 15.3. The maximum atomic E-state index is 12.8. The van der Waals surface area contributed by atoms with Crippen molar-refractivity contribution in [2.45, 2.75) is 26.0 Å². The van der Waals surface area contributed by atoms with E-state index in [-0.39, 0.29) is 18.1 Å². The highest BCUT2D eigenvalue weighted by molar-refractivity contribution is 6.06. The molecule has 0 saturated heterocycles. The fourth-order valence-corrected chi connectivity index (χ4v) is 3.49. The van der Waals surface area contributed by atoms with Crippen LogP contribution < -0.4 is 14.8 Å². The van der Waals surface area contributed by atoms with Gasteiger partial charge >= 0.3 is 6.09 Å². The number of aromatic nitrogens is 1. The molecule has 1 atom stereocenters. The highest BCUT2D eigenvalue weighted by Gasteiger charge is 2.31. The minimum absolute atomic E-state index is 0.0936. The number of rotatable bonds is 9. The number of carbonyl (C=O) groups is 2. The zero-order valence-corrected chi connectivity index (χ0v) is 19.1. The molecule has 4 rings (SSSR count). The van der Waals surface area contributed by atoms with Crippen LogP contribution in [0, 0.1) is 0 Å². The predicted octanol–water partition coefficient (Wildman–Crippen LogP) is 4.38. The standard InChI is InChI=1S/C24H23FN4O6/c1-3-18-22(16-6-9-19(32-2)21(12-16)33-14-25)28-29(24(31)34-18)13-15-4-7-17(8-5-15)27-23(30)20-10-11-26-35-20/h4-12,18H,3,13-14H2,1-2H3,(H,27,30). The van der Waals surface area contributed by atoms with Gasteiger partial charge in [-0.3, -0.25) is 4.79 Å². The van der Waals surface area contributed by atoms with Crippen LogP contribution in [0.5, 0.6) is 11.5 Å². The first kappa shape index (κ1) is 23.7. The summed E-state index contributed by atoms with van der Waals surface area (Å²) in [5.41, 5.74) is 2.43. The molecule has 3 aromatic rings. The molecule has 2 aromatic carbocycles. The predicted molar refractivity (Wildman–Crippen MR) is 123 cm³/mol. The average Bonchev–Trinajstić information content (AvgIpc) is 3.42. The van der Waals surface area contributed by atoms with Crippen LogP contribution in [0.3, 0.4) is 0 Å². The lowest BCUT2D eigenvalue weighted by Crippen LogP contribution is -2.41. The number of ether oxygens (including phenoxy) is 3. The Balaban J connectivity index is 1.53. The molecule has 1 aromatic heterocycles. The Morgan fingerprint density at radius 3 is 2.63 bits per heavy atom. The minimum Gasteiger partial charge on any atom is -0.493 e. The summed E-state index contributed by atoms with van der Waals surface area (Å²) in [5.74, 6) is 0.262. The monoisotopic (exact) mass is 482 g/mol. The number of hydrazone groups is 1. The Bertz CT molecular complexity index is 1210. The maximum absolute atomic E-state index is 12.8. The number of nitrogens with zero attached hydrogens (tertiary/aromatic N) is 3. The lowest BCUT2D eigenvalue weighted by molar-refractivity contribution is 0.0712. The van der Waals surface area contributed by atoms with Crippen LogP contribution in [0.4, 0.5) is 14.9 Å². The lowest BCUT2D eigenvalue weighted by atomic mass is 10.0.